The fourth-order valence-corrected chi connectivity index (χ4v) is 3.21. The first-order valence-corrected chi connectivity index (χ1v) is 8.77. The molecule has 0 aromatic heterocycles. The molecule has 0 aliphatic carbocycles. The lowest BCUT2D eigenvalue weighted by molar-refractivity contribution is -0.125. The van der Waals surface area contributed by atoms with E-state index in [1.54, 1.807) is 12.1 Å². The Hall–Kier alpha value is -2.93. The lowest BCUT2D eigenvalue weighted by atomic mass is 10.1. The van der Waals surface area contributed by atoms with E-state index < -0.39 is 23.9 Å². The van der Waals surface area contributed by atoms with Crippen LogP contribution in [0.25, 0.3) is 0 Å². The molecule has 27 heavy (non-hydrogen) atoms. The summed E-state index contributed by atoms with van der Waals surface area (Å²) in [5, 5.41) is 22.7. The molecule has 0 spiro atoms. The fraction of sp³-hybridized carbons (Fsp3) is 0.300. The van der Waals surface area contributed by atoms with Crippen LogP contribution in [0, 0.1) is 5.82 Å². The zero-order valence-corrected chi connectivity index (χ0v) is 14.6. The van der Waals surface area contributed by atoms with Crippen molar-refractivity contribution in [3.63, 3.8) is 0 Å². The molecule has 2 amide bonds. The van der Waals surface area contributed by atoms with Gasteiger partial charge in [-0.1, -0.05) is 24.3 Å². The van der Waals surface area contributed by atoms with Crippen LogP contribution >= 0.6 is 0 Å². The fourth-order valence-electron chi connectivity index (χ4n) is 3.21. The SMILES string of the molecule is O=C(NCC(O)c1ccc(F)cc1)C1CCCN1C(=O)c1ccccc1O. The minimum atomic E-state index is -0.974. The van der Waals surface area contributed by atoms with Gasteiger partial charge in [-0.25, -0.2) is 4.39 Å². The number of amides is 2. The molecule has 142 valence electrons. The first-order valence-electron chi connectivity index (χ1n) is 8.77. The summed E-state index contributed by atoms with van der Waals surface area (Å²) in [5.74, 6) is -1.29. The van der Waals surface area contributed by atoms with Crippen molar-refractivity contribution >= 4 is 11.8 Å². The number of hydrogen-bond donors (Lipinski definition) is 3. The van der Waals surface area contributed by atoms with Crippen LogP contribution in [0.15, 0.2) is 48.5 Å². The highest BCUT2D eigenvalue weighted by Crippen LogP contribution is 2.24. The van der Waals surface area contributed by atoms with Gasteiger partial charge in [-0.15, -0.1) is 0 Å². The molecule has 3 rings (SSSR count). The van der Waals surface area contributed by atoms with E-state index in [4.69, 9.17) is 0 Å². The van der Waals surface area contributed by atoms with E-state index >= 15 is 0 Å². The van der Waals surface area contributed by atoms with Crippen molar-refractivity contribution in [3.05, 3.63) is 65.5 Å². The predicted octanol–water partition coefficient (Wildman–Crippen LogP) is 1.99. The molecule has 7 heteroatoms. The molecule has 0 saturated carbocycles. The number of hydrogen-bond acceptors (Lipinski definition) is 4. The van der Waals surface area contributed by atoms with Crippen LogP contribution in [-0.4, -0.2) is 46.1 Å². The molecular weight excluding hydrogens is 351 g/mol. The maximum absolute atomic E-state index is 12.9. The number of aliphatic hydroxyl groups excluding tert-OH is 1. The van der Waals surface area contributed by atoms with Crippen LogP contribution < -0.4 is 5.32 Å². The first kappa shape index (κ1) is 18.8. The Labute approximate surface area is 156 Å². The summed E-state index contributed by atoms with van der Waals surface area (Å²) in [6.07, 6.45) is 0.216. The molecule has 1 aliphatic heterocycles. The highest BCUT2D eigenvalue weighted by atomic mass is 19.1. The third-order valence-electron chi connectivity index (χ3n) is 4.68. The zero-order valence-electron chi connectivity index (χ0n) is 14.6. The third kappa shape index (κ3) is 4.25. The van der Waals surface area contributed by atoms with Gasteiger partial charge >= 0.3 is 0 Å². The van der Waals surface area contributed by atoms with Crippen LogP contribution in [0.2, 0.25) is 0 Å². The van der Waals surface area contributed by atoms with Crippen molar-refractivity contribution in [2.75, 3.05) is 13.1 Å². The first-order chi connectivity index (χ1) is 13.0. The third-order valence-corrected chi connectivity index (χ3v) is 4.68. The van der Waals surface area contributed by atoms with Crippen LogP contribution in [0.5, 0.6) is 5.75 Å². The summed E-state index contributed by atoms with van der Waals surface area (Å²) < 4.78 is 12.9. The van der Waals surface area contributed by atoms with Crippen LogP contribution in [0.4, 0.5) is 4.39 Å². The number of rotatable bonds is 5. The lowest BCUT2D eigenvalue weighted by Gasteiger charge is -2.25. The van der Waals surface area contributed by atoms with Gasteiger partial charge in [0.15, 0.2) is 0 Å². The Bertz CT molecular complexity index is 825. The summed E-state index contributed by atoms with van der Waals surface area (Å²) in [4.78, 5) is 26.6. The van der Waals surface area contributed by atoms with Crippen molar-refractivity contribution in [2.45, 2.75) is 25.0 Å². The van der Waals surface area contributed by atoms with E-state index in [9.17, 15) is 24.2 Å². The van der Waals surface area contributed by atoms with Gasteiger partial charge in [-0.3, -0.25) is 9.59 Å². The highest BCUT2D eigenvalue weighted by Gasteiger charge is 2.35. The number of benzene rings is 2. The second-order valence-corrected chi connectivity index (χ2v) is 6.49. The number of para-hydroxylation sites is 1. The zero-order chi connectivity index (χ0) is 19.4. The Morgan fingerprint density at radius 1 is 1.19 bits per heavy atom. The van der Waals surface area contributed by atoms with Gasteiger partial charge in [-0.2, -0.15) is 0 Å². The van der Waals surface area contributed by atoms with Crippen LogP contribution in [0.1, 0.15) is 34.9 Å². The van der Waals surface area contributed by atoms with E-state index in [0.29, 0.717) is 24.9 Å². The topological polar surface area (TPSA) is 89.9 Å². The molecule has 1 heterocycles. The maximum atomic E-state index is 12.9. The summed E-state index contributed by atoms with van der Waals surface area (Å²) in [6, 6.07) is 11.0. The minimum absolute atomic E-state index is 0.0421. The molecule has 6 nitrogen and oxygen atoms in total. The van der Waals surface area contributed by atoms with Crippen molar-refractivity contribution in [1.82, 2.24) is 10.2 Å². The number of aromatic hydroxyl groups is 1. The molecular formula is C20H21FN2O4. The number of phenols is 1. The molecule has 0 radical (unpaired) electrons. The molecule has 0 bridgehead atoms. The summed E-state index contributed by atoms with van der Waals surface area (Å²) >= 11 is 0. The smallest absolute Gasteiger partial charge is 0.258 e. The van der Waals surface area contributed by atoms with E-state index in [2.05, 4.69) is 5.32 Å². The molecule has 2 aromatic carbocycles. The number of phenolic OH excluding ortho intramolecular Hbond substituents is 1. The van der Waals surface area contributed by atoms with Gasteiger partial charge in [0.25, 0.3) is 5.91 Å². The molecule has 3 N–H and O–H groups in total. The normalized spacial score (nSPS) is 17.6. The van der Waals surface area contributed by atoms with Gasteiger partial charge in [0.2, 0.25) is 5.91 Å². The number of aliphatic hydroxyl groups is 1. The number of carbonyl (C=O) groups excluding carboxylic acids is 2. The summed E-state index contributed by atoms with van der Waals surface area (Å²) in [5.41, 5.74) is 0.647. The van der Waals surface area contributed by atoms with Crippen molar-refractivity contribution < 1.29 is 24.2 Å². The van der Waals surface area contributed by atoms with E-state index in [-0.39, 0.29) is 23.8 Å². The van der Waals surface area contributed by atoms with Gasteiger partial charge in [-0.05, 0) is 42.7 Å². The van der Waals surface area contributed by atoms with Crippen molar-refractivity contribution in [2.24, 2.45) is 0 Å². The molecule has 1 fully saturated rings. The average molecular weight is 372 g/mol. The Morgan fingerprint density at radius 3 is 2.59 bits per heavy atom. The van der Waals surface area contributed by atoms with E-state index in [0.717, 1.165) is 0 Å². The quantitative estimate of drug-likeness (QED) is 0.749. The Kier molecular flexibility index (Phi) is 5.71. The number of carbonyl (C=O) groups is 2. The monoisotopic (exact) mass is 372 g/mol. The lowest BCUT2D eigenvalue weighted by Crippen LogP contribution is -2.46. The number of halogens is 1. The number of nitrogens with one attached hydrogen (secondary N) is 1. The average Bonchev–Trinajstić information content (AvgIpc) is 3.16. The van der Waals surface area contributed by atoms with Crippen molar-refractivity contribution in [3.8, 4) is 5.75 Å². The standard InChI is InChI=1S/C20H21FN2O4/c21-14-9-7-13(8-10-14)18(25)12-22-19(26)16-5-3-11-23(16)20(27)15-4-1-2-6-17(15)24/h1-2,4,6-10,16,18,24-25H,3,5,11-12H2,(H,22,26). The van der Waals surface area contributed by atoms with Gasteiger partial charge in [0.1, 0.15) is 17.6 Å². The Morgan fingerprint density at radius 2 is 1.89 bits per heavy atom. The second kappa shape index (κ2) is 8.18. The molecule has 2 aromatic rings. The van der Waals surface area contributed by atoms with Gasteiger partial charge in [0.05, 0.1) is 11.7 Å². The number of likely N-dealkylation sites (tertiary alicyclic amines) is 1. The number of nitrogens with zero attached hydrogens (tertiary/aromatic N) is 1. The molecule has 1 aliphatic rings. The Balaban J connectivity index is 1.62. The maximum Gasteiger partial charge on any atom is 0.258 e. The van der Waals surface area contributed by atoms with Crippen LogP contribution in [-0.2, 0) is 4.79 Å². The van der Waals surface area contributed by atoms with Crippen LogP contribution in [0.3, 0.4) is 0 Å². The van der Waals surface area contributed by atoms with Gasteiger partial charge < -0.3 is 20.4 Å². The summed E-state index contributed by atoms with van der Waals surface area (Å²) in [6.45, 7) is 0.380. The minimum Gasteiger partial charge on any atom is -0.507 e. The van der Waals surface area contributed by atoms with Crippen molar-refractivity contribution in [1.29, 1.82) is 0 Å². The summed E-state index contributed by atoms with van der Waals surface area (Å²) in [7, 11) is 0. The van der Waals surface area contributed by atoms with E-state index in [1.807, 2.05) is 0 Å². The highest BCUT2D eigenvalue weighted by molar-refractivity contribution is 5.99. The van der Waals surface area contributed by atoms with Gasteiger partial charge in [0, 0.05) is 13.1 Å². The van der Waals surface area contributed by atoms with E-state index in [1.165, 1.54) is 41.3 Å². The predicted molar refractivity (Wildman–Crippen MR) is 96.5 cm³/mol. The second-order valence-electron chi connectivity index (χ2n) is 6.49. The molecule has 1 saturated heterocycles. The molecule has 2 unspecified atom stereocenters. The molecule has 2 atom stereocenters. The largest absolute Gasteiger partial charge is 0.507 e.